The van der Waals surface area contributed by atoms with Crippen LogP contribution in [0.4, 0.5) is 11.5 Å². The van der Waals surface area contributed by atoms with E-state index in [2.05, 4.69) is 20.8 Å². The fourth-order valence-corrected chi connectivity index (χ4v) is 2.22. The SMILES string of the molecule is CCC(C)NC(=O)c1ccc(Nc2cc(OC)c(OC)c(OC)c2)nn1. The molecule has 140 valence electrons. The molecule has 8 nitrogen and oxygen atoms in total. The van der Waals surface area contributed by atoms with Gasteiger partial charge in [0.2, 0.25) is 5.75 Å². The number of hydrogen-bond acceptors (Lipinski definition) is 7. The number of ether oxygens (including phenoxy) is 3. The predicted molar refractivity (Wildman–Crippen MR) is 98.6 cm³/mol. The lowest BCUT2D eigenvalue weighted by Crippen LogP contribution is -2.32. The Labute approximate surface area is 152 Å². The molecular formula is C18H24N4O4. The van der Waals surface area contributed by atoms with Gasteiger partial charge in [0.05, 0.1) is 21.3 Å². The van der Waals surface area contributed by atoms with E-state index in [1.807, 2.05) is 13.8 Å². The Morgan fingerprint density at radius 1 is 1.08 bits per heavy atom. The van der Waals surface area contributed by atoms with Gasteiger partial charge >= 0.3 is 0 Å². The van der Waals surface area contributed by atoms with E-state index < -0.39 is 0 Å². The zero-order valence-electron chi connectivity index (χ0n) is 15.6. The van der Waals surface area contributed by atoms with Gasteiger partial charge in [0.15, 0.2) is 23.0 Å². The van der Waals surface area contributed by atoms with Gasteiger partial charge in [0, 0.05) is 23.9 Å². The molecule has 1 atom stereocenters. The molecule has 0 saturated heterocycles. The van der Waals surface area contributed by atoms with Gasteiger partial charge in [-0.1, -0.05) is 6.92 Å². The van der Waals surface area contributed by atoms with Gasteiger partial charge in [-0.2, -0.15) is 0 Å². The van der Waals surface area contributed by atoms with Gasteiger partial charge in [-0.3, -0.25) is 4.79 Å². The molecule has 0 aliphatic heterocycles. The molecule has 8 heteroatoms. The van der Waals surface area contributed by atoms with Gasteiger partial charge in [-0.05, 0) is 25.5 Å². The van der Waals surface area contributed by atoms with Gasteiger partial charge < -0.3 is 24.8 Å². The summed E-state index contributed by atoms with van der Waals surface area (Å²) in [7, 11) is 4.64. The standard InChI is InChI=1S/C18H24N4O4/c1-6-11(2)19-18(23)13-7-8-16(22-21-13)20-12-9-14(24-3)17(26-5)15(10-12)25-4/h7-11H,6H2,1-5H3,(H,19,23)(H,20,22). The molecule has 1 aromatic carbocycles. The Balaban J connectivity index is 2.17. The fraction of sp³-hybridized carbons (Fsp3) is 0.389. The first-order chi connectivity index (χ1) is 12.5. The fourth-order valence-electron chi connectivity index (χ4n) is 2.22. The second-order valence-corrected chi connectivity index (χ2v) is 5.63. The highest BCUT2D eigenvalue weighted by molar-refractivity contribution is 5.92. The average Bonchev–Trinajstić information content (AvgIpc) is 2.67. The lowest BCUT2D eigenvalue weighted by Gasteiger charge is -2.15. The molecule has 0 fully saturated rings. The molecule has 0 aliphatic carbocycles. The Hall–Kier alpha value is -3.03. The van der Waals surface area contributed by atoms with Crippen LogP contribution in [0.1, 0.15) is 30.8 Å². The largest absolute Gasteiger partial charge is 0.493 e. The number of amides is 1. The van der Waals surface area contributed by atoms with Crippen molar-refractivity contribution in [2.45, 2.75) is 26.3 Å². The maximum Gasteiger partial charge on any atom is 0.272 e. The van der Waals surface area contributed by atoms with Gasteiger partial charge in [-0.15, -0.1) is 10.2 Å². The molecule has 0 bridgehead atoms. The number of nitrogens with zero attached hydrogens (tertiary/aromatic N) is 2. The van der Waals surface area contributed by atoms with Crippen molar-refractivity contribution in [3.63, 3.8) is 0 Å². The van der Waals surface area contributed by atoms with Crippen LogP contribution in [0.2, 0.25) is 0 Å². The summed E-state index contributed by atoms with van der Waals surface area (Å²) in [4.78, 5) is 12.0. The quantitative estimate of drug-likeness (QED) is 0.747. The summed E-state index contributed by atoms with van der Waals surface area (Å²) in [5.41, 5.74) is 0.950. The number of hydrogen-bond donors (Lipinski definition) is 2. The summed E-state index contributed by atoms with van der Waals surface area (Å²) in [6, 6.07) is 6.90. The molecule has 1 heterocycles. The number of rotatable bonds is 8. The van der Waals surface area contributed by atoms with E-state index in [-0.39, 0.29) is 17.6 Å². The van der Waals surface area contributed by atoms with Crippen molar-refractivity contribution in [3.8, 4) is 17.2 Å². The lowest BCUT2D eigenvalue weighted by atomic mass is 10.2. The topological polar surface area (TPSA) is 94.6 Å². The highest BCUT2D eigenvalue weighted by atomic mass is 16.5. The third-order valence-electron chi connectivity index (χ3n) is 3.82. The molecule has 2 N–H and O–H groups in total. The highest BCUT2D eigenvalue weighted by Gasteiger charge is 2.14. The first-order valence-corrected chi connectivity index (χ1v) is 8.24. The maximum absolute atomic E-state index is 12.0. The summed E-state index contributed by atoms with van der Waals surface area (Å²) >= 11 is 0. The van der Waals surface area contributed by atoms with Crippen LogP contribution in [-0.4, -0.2) is 43.5 Å². The van der Waals surface area contributed by atoms with E-state index in [0.29, 0.717) is 28.8 Å². The number of carbonyl (C=O) groups is 1. The minimum Gasteiger partial charge on any atom is -0.493 e. The van der Waals surface area contributed by atoms with Crippen LogP contribution >= 0.6 is 0 Å². The van der Waals surface area contributed by atoms with Crippen molar-refractivity contribution in [3.05, 3.63) is 30.0 Å². The Morgan fingerprint density at radius 3 is 2.19 bits per heavy atom. The number of aromatic nitrogens is 2. The number of carbonyl (C=O) groups excluding carboxylic acids is 1. The van der Waals surface area contributed by atoms with Gasteiger partial charge in [0.1, 0.15) is 0 Å². The van der Waals surface area contributed by atoms with Crippen molar-refractivity contribution < 1.29 is 19.0 Å². The van der Waals surface area contributed by atoms with Gasteiger partial charge in [0.25, 0.3) is 5.91 Å². The monoisotopic (exact) mass is 360 g/mol. The normalized spacial score (nSPS) is 11.4. The molecule has 0 spiro atoms. The van der Waals surface area contributed by atoms with Crippen molar-refractivity contribution >= 4 is 17.4 Å². The van der Waals surface area contributed by atoms with Crippen LogP contribution in [0.15, 0.2) is 24.3 Å². The number of methoxy groups -OCH3 is 3. The summed E-state index contributed by atoms with van der Waals surface area (Å²) in [5, 5.41) is 14.0. The number of benzene rings is 1. The minimum atomic E-state index is -0.244. The highest BCUT2D eigenvalue weighted by Crippen LogP contribution is 2.40. The summed E-state index contributed by atoms with van der Waals surface area (Å²) in [6.07, 6.45) is 0.847. The Kier molecular flexibility index (Phi) is 6.60. The first-order valence-electron chi connectivity index (χ1n) is 8.24. The van der Waals surface area contributed by atoms with E-state index in [9.17, 15) is 4.79 Å². The molecule has 1 amide bonds. The second-order valence-electron chi connectivity index (χ2n) is 5.63. The van der Waals surface area contributed by atoms with E-state index in [1.54, 1.807) is 45.6 Å². The summed E-state index contributed by atoms with van der Waals surface area (Å²) < 4.78 is 15.9. The third kappa shape index (κ3) is 4.53. The van der Waals surface area contributed by atoms with Crippen LogP contribution in [0.5, 0.6) is 17.2 Å². The molecule has 26 heavy (non-hydrogen) atoms. The van der Waals surface area contributed by atoms with Crippen LogP contribution in [0, 0.1) is 0 Å². The molecule has 1 unspecified atom stereocenters. The molecular weight excluding hydrogens is 336 g/mol. The zero-order chi connectivity index (χ0) is 19.1. The van der Waals surface area contributed by atoms with Crippen molar-refractivity contribution in [1.82, 2.24) is 15.5 Å². The first kappa shape index (κ1) is 19.3. The molecule has 2 aromatic rings. The second kappa shape index (κ2) is 8.89. The summed E-state index contributed by atoms with van der Waals surface area (Å²) in [5.74, 6) is 1.79. The van der Waals surface area contributed by atoms with Crippen molar-refractivity contribution in [2.24, 2.45) is 0 Å². The van der Waals surface area contributed by atoms with E-state index in [0.717, 1.165) is 6.42 Å². The Morgan fingerprint density at radius 2 is 1.73 bits per heavy atom. The minimum absolute atomic E-state index is 0.0846. The molecule has 0 saturated carbocycles. The smallest absolute Gasteiger partial charge is 0.272 e. The average molecular weight is 360 g/mol. The van der Waals surface area contributed by atoms with E-state index >= 15 is 0 Å². The Bertz CT molecular complexity index is 724. The van der Waals surface area contributed by atoms with Crippen molar-refractivity contribution in [1.29, 1.82) is 0 Å². The van der Waals surface area contributed by atoms with Gasteiger partial charge in [-0.25, -0.2) is 0 Å². The lowest BCUT2D eigenvalue weighted by molar-refractivity contribution is 0.0933. The predicted octanol–water partition coefficient (Wildman–Crippen LogP) is 2.77. The van der Waals surface area contributed by atoms with Crippen LogP contribution in [-0.2, 0) is 0 Å². The molecule has 0 radical (unpaired) electrons. The maximum atomic E-state index is 12.0. The molecule has 0 aliphatic rings. The number of nitrogens with one attached hydrogen (secondary N) is 2. The van der Waals surface area contributed by atoms with E-state index in [1.165, 1.54) is 0 Å². The zero-order valence-corrected chi connectivity index (χ0v) is 15.6. The molecule has 1 aromatic heterocycles. The molecule has 2 rings (SSSR count). The van der Waals surface area contributed by atoms with Crippen molar-refractivity contribution in [2.75, 3.05) is 26.6 Å². The van der Waals surface area contributed by atoms with Crippen LogP contribution in [0.3, 0.4) is 0 Å². The van der Waals surface area contributed by atoms with Crippen LogP contribution < -0.4 is 24.8 Å². The summed E-state index contributed by atoms with van der Waals surface area (Å²) in [6.45, 7) is 3.94. The number of anilines is 2. The third-order valence-corrected chi connectivity index (χ3v) is 3.82. The van der Waals surface area contributed by atoms with E-state index in [4.69, 9.17) is 14.2 Å². The van der Waals surface area contributed by atoms with Crippen LogP contribution in [0.25, 0.3) is 0 Å².